The van der Waals surface area contributed by atoms with E-state index in [1.807, 2.05) is 25.1 Å². The minimum absolute atomic E-state index is 0.207. The van der Waals surface area contributed by atoms with E-state index in [4.69, 9.17) is 34.8 Å². The molecule has 140 valence electrons. The number of rotatable bonds is 3. The smallest absolute Gasteiger partial charge is 0.243 e. The Labute approximate surface area is 169 Å². The summed E-state index contributed by atoms with van der Waals surface area (Å²) in [6.07, 6.45) is 0. The first-order valence-corrected chi connectivity index (χ1v) is 10.7. The molecule has 0 bridgehead atoms. The maximum Gasteiger partial charge on any atom is 0.243 e. The van der Waals surface area contributed by atoms with Gasteiger partial charge in [0.2, 0.25) is 10.0 Å². The van der Waals surface area contributed by atoms with E-state index in [1.165, 1.54) is 10.4 Å². The fourth-order valence-corrected chi connectivity index (χ4v) is 5.29. The first-order valence-electron chi connectivity index (χ1n) is 8.17. The SMILES string of the molecule is Cc1ccc(N2CCN(S(=O)(=O)c3cc(Cl)c(Cl)cc3C)CC2)cc1Cl. The van der Waals surface area contributed by atoms with Crippen LogP contribution in [0.3, 0.4) is 0 Å². The van der Waals surface area contributed by atoms with Crippen molar-refractivity contribution in [2.24, 2.45) is 0 Å². The quantitative estimate of drug-likeness (QED) is 0.700. The van der Waals surface area contributed by atoms with Crippen molar-refractivity contribution in [1.82, 2.24) is 4.31 Å². The number of nitrogens with zero attached hydrogens (tertiary/aromatic N) is 2. The topological polar surface area (TPSA) is 40.6 Å². The van der Waals surface area contributed by atoms with E-state index < -0.39 is 10.0 Å². The van der Waals surface area contributed by atoms with Crippen LogP contribution in [0.1, 0.15) is 11.1 Å². The number of benzene rings is 2. The molecule has 0 N–H and O–H groups in total. The number of sulfonamides is 1. The van der Waals surface area contributed by atoms with Crippen molar-refractivity contribution >= 4 is 50.5 Å². The number of piperazine rings is 1. The van der Waals surface area contributed by atoms with Gasteiger partial charge < -0.3 is 4.90 Å². The maximum atomic E-state index is 13.0. The van der Waals surface area contributed by atoms with Crippen LogP contribution in [-0.4, -0.2) is 38.9 Å². The average Bonchev–Trinajstić information content (AvgIpc) is 2.60. The Balaban J connectivity index is 1.78. The highest BCUT2D eigenvalue weighted by molar-refractivity contribution is 7.89. The first-order chi connectivity index (χ1) is 12.2. The summed E-state index contributed by atoms with van der Waals surface area (Å²) in [6, 6.07) is 8.92. The van der Waals surface area contributed by atoms with Crippen molar-refractivity contribution in [3.05, 3.63) is 56.5 Å². The van der Waals surface area contributed by atoms with Crippen LogP contribution < -0.4 is 4.90 Å². The van der Waals surface area contributed by atoms with Gasteiger partial charge in [-0.05, 0) is 49.2 Å². The van der Waals surface area contributed by atoms with E-state index in [0.717, 1.165) is 11.3 Å². The average molecular weight is 434 g/mol. The van der Waals surface area contributed by atoms with Crippen molar-refractivity contribution in [2.75, 3.05) is 31.1 Å². The van der Waals surface area contributed by atoms with E-state index in [0.29, 0.717) is 41.8 Å². The second-order valence-corrected chi connectivity index (χ2v) is 9.48. The molecule has 0 spiro atoms. The van der Waals surface area contributed by atoms with Gasteiger partial charge in [0.1, 0.15) is 0 Å². The van der Waals surface area contributed by atoms with E-state index in [9.17, 15) is 8.42 Å². The maximum absolute atomic E-state index is 13.0. The number of hydrogen-bond donors (Lipinski definition) is 0. The lowest BCUT2D eigenvalue weighted by Gasteiger charge is -2.35. The zero-order chi connectivity index (χ0) is 19.1. The Morgan fingerprint density at radius 1 is 0.808 bits per heavy atom. The Hall–Kier alpha value is -0.980. The summed E-state index contributed by atoms with van der Waals surface area (Å²) in [6.45, 7) is 5.66. The fourth-order valence-electron chi connectivity index (χ4n) is 3.01. The molecule has 2 aromatic carbocycles. The van der Waals surface area contributed by atoms with Crippen molar-refractivity contribution in [3.8, 4) is 0 Å². The highest BCUT2D eigenvalue weighted by atomic mass is 35.5. The third kappa shape index (κ3) is 3.82. The van der Waals surface area contributed by atoms with E-state index in [2.05, 4.69) is 4.90 Å². The van der Waals surface area contributed by atoms with Crippen LogP contribution in [0.4, 0.5) is 5.69 Å². The number of hydrogen-bond acceptors (Lipinski definition) is 3. The molecule has 0 aromatic heterocycles. The normalized spacial score (nSPS) is 16.1. The van der Waals surface area contributed by atoms with Crippen molar-refractivity contribution in [1.29, 1.82) is 0 Å². The van der Waals surface area contributed by atoms with Gasteiger partial charge in [0.25, 0.3) is 0 Å². The van der Waals surface area contributed by atoms with Gasteiger partial charge in [0.15, 0.2) is 0 Å². The molecular weight excluding hydrogens is 415 g/mol. The van der Waals surface area contributed by atoms with Crippen LogP contribution >= 0.6 is 34.8 Å². The van der Waals surface area contributed by atoms with Crippen LogP contribution in [0.2, 0.25) is 15.1 Å². The van der Waals surface area contributed by atoms with Gasteiger partial charge in [-0.25, -0.2) is 8.42 Å². The Kier molecular flexibility index (Phi) is 5.75. The molecule has 4 nitrogen and oxygen atoms in total. The van der Waals surface area contributed by atoms with Crippen molar-refractivity contribution in [3.63, 3.8) is 0 Å². The third-order valence-corrected chi connectivity index (χ3v) is 7.76. The fraction of sp³-hybridized carbons (Fsp3) is 0.333. The summed E-state index contributed by atoms with van der Waals surface area (Å²) in [4.78, 5) is 2.35. The van der Waals surface area contributed by atoms with Crippen molar-refractivity contribution in [2.45, 2.75) is 18.7 Å². The van der Waals surface area contributed by atoms with Crippen LogP contribution in [0.5, 0.6) is 0 Å². The molecule has 0 aliphatic carbocycles. The lowest BCUT2D eigenvalue weighted by Crippen LogP contribution is -2.48. The molecule has 1 aliphatic heterocycles. The molecule has 0 atom stereocenters. The third-order valence-electron chi connectivity index (χ3n) is 4.59. The Bertz CT molecular complexity index is 940. The van der Waals surface area contributed by atoms with Gasteiger partial charge in [-0.15, -0.1) is 0 Å². The van der Waals surface area contributed by atoms with Crippen LogP contribution in [-0.2, 0) is 10.0 Å². The summed E-state index contributed by atoms with van der Waals surface area (Å²) < 4.78 is 27.5. The summed E-state index contributed by atoms with van der Waals surface area (Å²) in [5.74, 6) is 0. The second kappa shape index (κ2) is 7.56. The molecule has 3 rings (SSSR count). The predicted octanol–water partition coefficient (Wildman–Crippen LogP) is 4.77. The zero-order valence-electron chi connectivity index (χ0n) is 14.5. The molecule has 8 heteroatoms. The van der Waals surface area contributed by atoms with Gasteiger partial charge in [0.05, 0.1) is 14.9 Å². The van der Waals surface area contributed by atoms with Crippen molar-refractivity contribution < 1.29 is 8.42 Å². The highest BCUT2D eigenvalue weighted by Crippen LogP contribution is 2.31. The van der Waals surface area contributed by atoms with E-state index in [-0.39, 0.29) is 9.92 Å². The van der Waals surface area contributed by atoms with Gasteiger partial charge in [-0.3, -0.25) is 0 Å². The highest BCUT2D eigenvalue weighted by Gasteiger charge is 2.30. The number of halogens is 3. The lowest BCUT2D eigenvalue weighted by atomic mass is 10.2. The van der Waals surface area contributed by atoms with Crippen LogP contribution in [0.25, 0.3) is 0 Å². The zero-order valence-corrected chi connectivity index (χ0v) is 17.6. The molecule has 0 saturated carbocycles. The Morgan fingerprint density at radius 2 is 1.42 bits per heavy atom. The number of anilines is 1. The molecule has 1 aliphatic rings. The van der Waals surface area contributed by atoms with Gasteiger partial charge >= 0.3 is 0 Å². The van der Waals surface area contributed by atoms with E-state index in [1.54, 1.807) is 13.0 Å². The second-order valence-electron chi connectivity index (χ2n) is 6.36. The molecule has 0 amide bonds. The summed E-state index contributed by atoms with van der Waals surface area (Å²) >= 11 is 18.2. The molecule has 1 heterocycles. The minimum atomic E-state index is -3.61. The van der Waals surface area contributed by atoms with Gasteiger partial charge in [-0.1, -0.05) is 40.9 Å². The molecular formula is C18H19Cl3N2O2S. The standard InChI is InChI=1S/C18H19Cl3N2O2S/c1-12-3-4-14(10-15(12)19)22-5-7-23(8-6-22)26(24,25)18-11-17(21)16(20)9-13(18)2/h3-4,9-11H,5-8H2,1-2H3. The van der Waals surface area contributed by atoms with E-state index >= 15 is 0 Å². The monoisotopic (exact) mass is 432 g/mol. The molecule has 2 aromatic rings. The molecule has 1 fully saturated rings. The number of aryl methyl sites for hydroxylation is 2. The van der Waals surface area contributed by atoms with Crippen LogP contribution in [0, 0.1) is 13.8 Å². The first kappa shape index (κ1) is 19.8. The molecule has 0 radical (unpaired) electrons. The summed E-state index contributed by atoms with van der Waals surface area (Å²) in [5.41, 5.74) is 2.61. The molecule has 0 unspecified atom stereocenters. The summed E-state index contributed by atoms with van der Waals surface area (Å²) in [7, 11) is -3.61. The largest absolute Gasteiger partial charge is 0.369 e. The lowest BCUT2D eigenvalue weighted by molar-refractivity contribution is 0.384. The van der Waals surface area contributed by atoms with Gasteiger partial charge in [0, 0.05) is 36.9 Å². The molecule has 26 heavy (non-hydrogen) atoms. The minimum Gasteiger partial charge on any atom is -0.369 e. The predicted molar refractivity (Wildman–Crippen MR) is 108 cm³/mol. The van der Waals surface area contributed by atoms with Gasteiger partial charge in [-0.2, -0.15) is 4.31 Å². The Morgan fingerprint density at radius 3 is 2.04 bits per heavy atom. The summed E-state index contributed by atoms with van der Waals surface area (Å²) in [5, 5.41) is 1.30. The molecule has 1 saturated heterocycles. The van der Waals surface area contributed by atoms with Crippen LogP contribution in [0.15, 0.2) is 35.2 Å².